The van der Waals surface area contributed by atoms with Crippen LogP contribution in [0.2, 0.25) is 0 Å². The maximum absolute atomic E-state index is 11.5. The Morgan fingerprint density at radius 3 is 2.22 bits per heavy atom. The van der Waals surface area contributed by atoms with Crippen molar-refractivity contribution >= 4 is 5.91 Å². The minimum atomic E-state index is -0.572. The molecule has 0 aromatic heterocycles. The van der Waals surface area contributed by atoms with Crippen molar-refractivity contribution in [2.45, 2.75) is 65.5 Å². The highest BCUT2D eigenvalue weighted by molar-refractivity contribution is 5.84. The minimum Gasteiger partial charge on any atom is -0.368 e. The van der Waals surface area contributed by atoms with Crippen LogP contribution in [-0.2, 0) is 4.79 Å². The quantitative estimate of drug-likeness (QED) is 0.586. The number of unbranched alkanes of at least 4 members (excludes halogenated alkanes) is 1. The number of carbonyl (C=O) groups excluding carboxylic acids is 1. The summed E-state index contributed by atoms with van der Waals surface area (Å²) in [6, 6.07) is 0.269. The molecule has 0 fully saturated rings. The van der Waals surface area contributed by atoms with Crippen LogP contribution in [0, 0.1) is 0 Å². The summed E-state index contributed by atoms with van der Waals surface area (Å²) in [5, 5.41) is 3.28. The topological polar surface area (TPSA) is 58.4 Å². The summed E-state index contributed by atoms with van der Waals surface area (Å²) in [5.74, 6) is -0.251. The van der Waals surface area contributed by atoms with E-state index in [0.717, 1.165) is 38.9 Å². The van der Waals surface area contributed by atoms with Gasteiger partial charge in [0.25, 0.3) is 0 Å². The lowest BCUT2D eigenvalue weighted by Crippen LogP contribution is -2.55. The Labute approximate surface area is 112 Å². The number of nitrogens with one attached hydrogen (secondary N) is 1. The summed E-state index contributed by atoms with van der Waals surface area (Å²) in [6.07, 6.45) is 2.95. The van der Waals surface area contributed by atoms with Crippen molar-refractivity contribution in [1.29, 1.82) is 0 Å². The first-order valence-corrected chi connectivity index (χ1v) is 7.15. The molecule has 18 heavy (non-hydrogen) atoms. The average molecular weight is 257 g/mol. The van der Waals surface area contributed by atoms with Gasteiger partial charge in [0.2, 0.25) is 5.91 Å². The standard InChI is InChI=1S/C14H31N3O/c1-6-17(7-2)11-9-8-10-14(5,13(15)18)16-12(3)4/h12,16H,6-11H2,1-5H3,(H2,15,18). The zero-order chi connectivity index (χ0) is 14.2. The van der Waals surface area contributed by atoms with Crippen LogP contribution in [0.15, 0.2) is 0 Å². The Balaban J connectivity index is 4.09. The highest BCUT2D eigenvalue weighted by Crippen LogP contribution is 2.15. The molecule has 0 bridgehead atoms. The summed E-state index contributed by atoms with van der Waals surface area (Å²) in [7, 11) is 0. The van der Waals surface area contributed by atoms with Crippen LogP contribution in [0.4, 0.5) is 0 Å². The normalized spacial score (nSPS) is 15.1. The van der Waals surface area contributed by atoms with Crippen molar-refractivity contribution in [3.05, 3.63) is 0 Å². The predicted molar refractivity (Wildman–Crippen MR) is 77.5 cm³/mol. The molecule has 108 valence electrons. The second-order valence-electron chi connectivity index (χ2n) is 5.48. The Bertz CT molecular complexity index is 239. The van der Waals surface area contributed by atoms with Crippen molar-refractivity contribution in [2.24, 2.45) is 5.73 Å². The Morgan fingerprint density at radius 2 is 1.83 bits per heavy atom. The Kier molecular flexibility index (Phi) is 8.20. The van der Waals surface area contributed by atoms with Crippen molar-refractivity contribution in [3.8, 4) is 0 Å². The highest BCUT2D eigenvalue weighted by atomic mass is 16.1. The SMILES string of the molecule is CCN(CC)CCCCC(C)(NC(C)C)C(N)=O. The summed E-state index contributed by atoms with van der Waals surface area (Å²) >= 11 is 0. The van der Waals surface area contributed by atoms with Gasteiger partial charge in [0.15, 0.2) is 0 Å². The van der Waals surface area contributed by atoms with Gasteiger partial charge >= 0.3 is 0 Å². The number of primary amides is 1. The van der Waals surface area contributed by atoms with Gasteiger partial charge in [0.1, 0.15) is 0 Å². The van der Waals surface area contributed by atoms with Crippen molar-refractivity contribution < 1.29 is 4.79 Å². The fraction of sp³-hybridized carbons (Fsp3) is 0.929. The van der Waals surface area contributed by atoms with Gasteiger partial charge < -0.3 is 16.0 Å². The molecule has 0 aromatic carbocycles. The molecule has 4 heteroatoms. The molecule has 0 aliphatic carbocycles. The summed E-state index contributed by atoms with van der Waals surface area (Å²) in [6.45, 7) is 13.6. The molecule has 1 atom stereocenters. The van der Waals surface area contributed by atoms with Gasteiger partial charge in [-0.1, -0.05) is 13.8 Å². The zero-order valence-corrected chi connectivity index (χ0v) is 12.8. The number of amides is 1. The van der Waals surface area contributed by atoms with E-state index in [2.05, 4.69) is 24.1 Å². The monoisotopic (exact) mass is 257 g/mol. The summed E-state index contributed by atoms with van der Waals surface area (Å²) in [4.78, 5) is 13.9. The molecule has 0 saturated heterocycles. The van der Waals surface area contributed by atoms with E-state index in [1.807, 2.05) is 20.8 Å². The maximum Gasteiger partial charge on any atom is 0.237 e. The zero-order valence-electron chi connectivity index (χ0n) is 12.8. The van der Waals surface area contributed by atoms with Gasteiger partial charge in [0.05, 0.1) is 5.54 Å². The molecular formula is C14H31N3O. The van der Waals surface area contributed by atoms with Crippen LogP contribution in [0.1, 0.15) is 53.9 Å². The van der Waals surface area contributed by atoms with Gasteiger partial charge in [-0.15, -0.1) is 0 Å². The average Bonchev–Trinajstić information content (AvgIpc) is 2.28. The molecule has 0 aliphatic heterocycles. The van der Waals surface area contributed by atoms with E-state index < -0.39 is 5.54 Å². The van der Waals surface area contributed by atoms with Crippen LogP contribution in [-0.4, -0.2) is 42.0 Å². The molecule has 0 aliphatic rings. The fourth-order valence-electron chi connectivity index (χ4n) is 2.26. The smallest absolute Gasteiger partial charge is 0.237 e. The van der Waals surface area contributed by atoms with Gasteiger partial charge in [-0.25, -0.2) is 0 Å². The molecule has 1 amide bonds. The first kappa shape index (κ1) is 17.4. The maximum atomic E-state index is 11.5. The first-order valence-electron chi connectivity index (χ1n) is 7.15. The van der Waals surface area contributed by atoms with E-state index in [1.54, 1.807) is 0 Å². The van der Waals surface area contributed by atoms with Crippen molar-refractivity contribution in [1.82, 2.24) is 10.2 Å². The van der Waals surface area contributed by atoms with Crippen LogP contribution in [0.25, 0.3) is 0 Å². The predicted octanol–water partition coefficient (Wildman–Crippen LogP) is 1.74. The third-order valence-corrected chi connectivity index (χ3v) is 3.45. The molecule has 3 N–H and O–H groups in total. The first-order chi connectivity index (χ1) is 8.35. The number of hydrogen-bond acceptors (Lipinski definition) is 3. The summed E-state index contributed by atoms with van der Waals surface area (Å²) < 4.78 is 0. The molecule has 0 rings (SSSR count). The van der Waals surface area contributed by atoms with E-state index in [-0.39, 0.29) is 11.9 Å². The van der Waals surface area contributed by atoms with Crippen molar-refractivity contribution in [3.63, 3.8) is 0 Å². The minimum absolute atomic E-state index is 0.251. The van der Waals surface area contributed by atoms with Crippen LogP contribution in [0.5, 0.6) is 0 Å². The Morgan fingerprint density at radius 1 is 1.28 bits per heavy atom. The third kappa shape index (κ3) is 6.36. The van der Waals surface area contributed by atoms with Crippen LogP contribution >= 0.6 is 0 Å². The van der Waals surface area contributed by atoms with Gasteiger partial charge in [-0.05, 0) is 59.7 Å². The number of rotatable bonds is 10. The number of hydrogen-bond donors (Lipinski definition) is 2. The largest absolute Gasteiger partial charge is 0.368 e. The van der Waals surface area contributed by atoms with Gasteiger partial charge in [-0.2, -0.15) is 0 Å². The molecule has 4 nitrogen and oxygen atoms in total. The lowest BCUT2D eigenvalue weighted by Gasteiger charge is -2.30. The number of nitrogens with two attached hydrogens (primary N) is 1. The van der Waals surface area contributed by atoms with Gasteiger partial charge in [0, 0.05) is 6.04 Å². The number of nitrogens with zero attached hydrogens (tertiary/aromatic N) is 1. The van der Waals surface area contributed by atoms with Crippen molar-refractivity contribution in [2.75, 3.05) is 19.6 Å². The van der Waals surface area contributed by atoms with E-state index in [1.165, 1.54) is 0 Å². The lowest BCUT2D eigenvalue weighted by atomic mass is 9.93. The van der Waals surface area contributed by atoms with Crippen LogP contribution < -0.4 is 11.1 Å². The Hall–Kier alpha value is -0.610. The third-order valence-electron chi connectivity index (χ3n) is 3.45. The summed E-state index contributed by atoms with van der Waals surface area (Å²) in [5.41, 5.74) is 4.93. The van der Waals surface area contributed by atoms with Crippen LogP contribution in [0.3, 0.4) is 0 Å². The second-order valence-corrected chi connectivity index (χ2v) is 5.48. The second kappa shape index (κ2) is 8.48. The van der Waals surface area contributed by atoms with Gasteiger partial charge in [-0.3, -0.25) is 4.79 Å². The van der Waals surface area contributed by atoms with E-state index >= 15 is 0 Å². The molecule has 0 saturated carbocycles. The molecule has 0 heterocycles. The molecule has 0 radical (unpaired) electrons. The molecular weight excluding hydrogens is 226 g/mol. The van der Waals surface area contributed by atoms with E-state index in [0.29, 0.717) is 0 Å². The van der Waals surface area contributed by atoms with E-state index in [9.17, 15) is 4.79 Å². The number of carbonyl (C=O) groups is 1. The molecule has 0 spiro atoms. The molecule has 0 aromatic rings. The highest BCUT2D eigenvalue weighted by Gasteiger charge is 2.30. The molecule has 1 unspecified atom stereocenters. The fourth-order valence-corrected chi connectivity index (χ4v) is 2.26. The van der Waals surface area contributed by atoms with E-state index in [4.69, 9.17) is 5.73 Å². The lowest BCUT2D eigenvalue weighted by molar-refractivity contribution is -0.124.